The minimum absolute atomic E-state index is 0.0290. The van der Waals surface area contributed by atoms with Gasteiger partial charge in [-0.1, -0.05) is 20.8 Å². The van der Waals surface area contributed by atoms with E-state index in [9.17, 15) is 9.59 Å². The summed E-state index contributed by atoms with van der Waals surface area (Å²) in [5.41, 5.74) is 5.07. The van der Waals surface area contributed by atoms with Crippen LogP contribution in [0.15, 0.2) is 0 Å². The molecule has 0 heterocycles. The molecule has 98 valence electrons. The predicted octanol–water partition coefficient (Wildman–Crippen LogP) is 0.984. The zero-order chi connectivity index (χ0) is 13.0. The van der Waals surface area contributed by atoms with E-state index in [1.165, 1.54) is 0 Å². The second kappa shape index (κ2) is 5.89. The van der Waals surface area contributed by atoms with E-state index in [0.29, 0.717) is 5.92 Å². The van der Waals surface area contributed by atoms with Crippen molar-refractivity contribution in [1.82, 2.24) is 10.6 Å². The van der Waals surface area contributed by atoms with E-state index in [-0.39, 0.29) is 17.9 Å². The number of carbonyl (C=O) groups excluding carboxylic acids is 2. The highest BCUT2D eigenvalue weighted by Gasteiger charge is 2.28. The maximum absolute atomic E-state index is 12.0. The summed E-state index contributed by atoms with van der Waals surface area (Å²) in [6.45, 7) is 5.96. The van der Waals surface area contributed by atoms with Crippen molar-refractivity contribution in [1.29, 1.82) is 0 Å². The topological polar surface area (TPSA) is 84.2 Å². The van der Waals surface area contributed by atoms with Gasteiger partial charge in [-0.2, -0.15) is 0 Å². The summed E-state index contributed by atoms with van der Waals surface area (Å²) in [6.07, 6.45) is 3.20. The molecule has 1 aliphatic rings. The highest BCUT2D eigenvalue weighted by molar-refractivity contribution is 5.86. The molecule has 5 heteroatoms. The lowest BCUT2D eigenvalue weighted by Crippen LogP contribution is -2.53. The van der Waals surface area contributed by atoms with Gasteiger partial charge in [0.05, 0.1) is 0 Å². The first kappa shape index (κ1) is 13.8. The summed E-state index contributed by atoms with van der Waals surface area (Å²) in [5.74, 6) is 0.570. The van der Waals surface area contributed by atoms with Crippen LogP contribution in [-0.2, 0) is 4.79 Å². The Balaban J connectivity index is 2.50. The molecule has 0 aliphatic heterocycles. The predicted molar refractivity (Wildman–Crippen MR) is 66.3 cm³/mol. The Bertz CT molecular complexity index is 291. The fraction of sp³-hybridized carbons (Fsp3) is 0.833. The van der Waals surface area contributed by atoms with E-state index in [1.807, 2.05) is 13.8 Å². The van der Waals surface area contributed by atoms with Crippen LogP contribution >= 0.6 is 0 Å². The average molecular weight is 241 g/mol. The Morgan fingerprint density at radius 1 is 1.29 bits per heavy atom. The molecular formula is C12H23N3O2. The second-order valence-electron chi connectivity index (χ2n) is 5.35. The van der Waals surface area contributed by atoms with Crippen LogP contribution in [0, 0.1) is 11.8 Å². The van der Waals surface area contributed by atoms with Crippen molar-refractivity contribution in [2.45, 2.75) is 52.1 Å². The summed E-state index contributed by atoms with van der Waals surface area (Å²) in [7, 11) is 0. The molecule has 1 aliphatic carbocycles. The molecule has 0 spiro atoms. The normalized spacial score (nSPS) is 25.6. The molecule has 0 saturated heterocycles. The highest BCUT2D eigenvalue weighted by Crippen LogP contribution is 2.24. The number of carbonyl (C=O) groups is 2. The Labute approximate surface area is 103 Å². The van der Waals surface area contributed by atoms with E-state index in [4.69, 9.17) is 5.73 Å². The fourth-order valence-electron chi connectivity index (χ4n) is 2.32. The maximum Gasteiger partial charge on any atom is 0.312 e. The quantitative estimate of drug-likeness (QED) is 0.685. The molecule has 1 saturated carbocycles. The minimum Gasteiger partial charge on any atom is -0.352 e. The van der Waals surface area contributed by atoms with Crippen LogP contribution in [-0.4, -0.2) is 24.0 Å². The van der Waals surface area contributed by atoms with Gasteiger partial charge in [0.2, 0.25) is 5.91 Å². The standard InChI is InChI=1S/C12H23N3O2/c1-7(2)10(15-12(13)17)11(16)14-9-5-4-8(3)6-9/h7-10H,4-6H2,1-3H3,(H,14,16)(H3,13,15,17). The third-order valence-corrected chi connectivity index (χ3v) is 3.29. The van der Waals surface area contributed by atoms with Crippen LogP contribution in [0.3, 0.4) is 0 Å². The Morgan fingerprint density at radius 3 is 2.35 bits per heavy atom. The molecule has 3 unspecified atom stereocenters. The number of nitrogens with two attached hydrogens (primary N) is 1. The Kier molecular flexibility index (Phi) is 4.78. The van der Waals surface area contributed by atoms with Crippen LogP contribution in [0.2, 0.25) is 0 Å². The first-order valence-electron chi connectivity index (χ1n) is 6.26. The molecular weight excluding hydrogens is 218 g/mol. The van der Waals surface area contributed by atoms with Crippen molar-refractivity contribution in [3.63, 3.8) is 0 Å². The second-order valence-corrected chi connectivity index (χ2v) is 5.35. The van der Waals surface area contributed by atoms with Gasteiger partial charge in [0.25, 0.3) is 0 Å². The molecule has 3 amide bonds. The Hall–Kier alpha value is -1.26. The SMILES string of the molecule is CC1CCC(NC(=O)C(NC(N)=O)C(C)C)C1. The van der Waals surface area contributed by atoms with Crippen LogP contribution in [0.25, 0.3) is 0 Å². The lowest BCUT2D eigenvalue weighted by molar-refractivity contribution is -0.124. The molecule has 0 aromatic rings. The molecule has 1 fully saturated rings. The molecule has 0 aromatic carbocycles. The number of primary amides is 1. The third-order valence-electron chi connectivity index (χ3n) is 3.29. The van der Waals surface area contributed by atoms with Gasteiger partial charge in [0.1, 0.15) is 6.04 Å². The van der Waals surface area contributed by atoms with E-state index < -0.39 is 12.1 Å². The van der Waals surface area contributed by atoms with Gasteiger partial charge in [-0.25, -0.2) is 4.79 Å². The van der Waals surface area contributed by atoms with Gasteiger partial charge < -0.3 is 16.4 Å². The van der Waals surface area contributed by atoms with E-state index in [2.05, 4.69) is 17.6 Å². The number of nitrogens with one attached hydrogen (secondary N) is 2. The number of hydrogen-bond donors (Lipinski definition) is 3. The van der Waals surface area contributed by atoms with E-state index in [1.54, 1.807) is 0 Å². The fourth-order valence-corrected chi connectivity index (χ4v) is 2.32. The molecule has 3 atom stereocenters. The molecule has 4 N–H and O–H groups in total. The van der Waals surface area contributed by atoms with Crippen molar-refractivity contribution in [3.8, 4) is 0 Å². The molecule has 17 heavy (non-hydrogen) atoms. The number of hydrogen-bond acceptors (Lipinski definition) is 2. The van der Waals surface area contributed by atoms with E-state index >= 15 is 0 Å². The number of rotatable bonds is 4. The average Bonchev–Trinajstić information content (AvgIpc) is 2.59. The van der Waals surface area contributed by atoms with Crippen LogP contribution in [0.4, 0.5) is 4.79 Å². The summed E-state index contributed by atoms with van der Waals surface area (Å²) < 4.78 is 0. The molecule has 0 bridgehead atoms. The van der Waals surface area contributed by atoms with Crippen molar-refractivity contribution in [2.75, 3.05) is 0 Å². The molecule has 0 aromatic heterocycles. The number of amides is 3. The monoisotopic (exact) mass is 241 g/mol. The zero-order valence-corrected chi connectivity index (χ0v) is 10.8. The first-order chi connectivity index (χ1) is 7.90. The van der Waals surface area contributed by atoms with Crippen molar-refractivity contribution in [3.05, 3.63) is 0 Å². The molecule has 0 radical (unpaired) electrons. The zero-order valence-electron chi connectivity index (χ0n) is 10.8. The van der Waals surface area contributed by atoms with Crippen molar-refractivity contribution >= 4 is 11.9 Å². The van der Waals surface area contributed by atoms with Gasteiger partial charge in [0, 0.05) is 6.04 Å². The summed E-state index contributed by atoms with van der Waals surface area (Å²) >= 11 is 0. The molecule has 1 rings (SSSR count). The third kappa shape index (κ3) is 4.24. The summed E-state index contributed by atoms with van der Waals surface area (Å²) in [4.78, 5) is 22.8. The maximum atomic E-state index is 12.0. The molecule has 5 nitrogen and oxygen atoms in total. The van der Waals surface area contributed by atoms with Gasteiger partial charge >= 0.3 is 6.03 Å². The summed E-state index contributed by atoms with van der Waals surface area (Å²) in [5, 5.41) is 5.48. The van der Waals surface area contributed by atoms with Gasteiger partial charge in [-0.15, -0.1) is 0 Å². The first-order valence-corrected chi connectivity index (χ1v) is 6.26. The van der Waals surface area contributed by atoms with Gasteiger partial charge in [-0.05, 0) is 31.1 Å². The van der Waals surface area contributed by atoms with Crippen molar-refractivity contribution < 1.29 is 9.59 Å². The lowest BCUT2D eigenvalue weighted by atomic mass is 10.0. The largest absolute Gasteiger partial charge is 0.352 e. The minimum atomic E-state index is -0.654. The van der Waals surface area contributed by atoms with Crippen LogP contribution in [0.1, 0.15) is 40.0 Å². The lowest BCUT2D eigenvalue weighted by Gasteiger charge is -2.23. The summed E-state index contributed by atoms with van der Waals surface area (Å²) in [6, 6.07) is -0.949. The smallest absolute Gasteiger partial charge is 0.312 e. The van der Waals surface area contributed by atoms with Gasteiger partial charge in [0.15, 0.2) is 0 Å². The highest BCUT2D eigenvalue weighted by atomic mass is 16.2. The number of urea groups is 1. The Morgan fingerprint density at radius 2 is 1.94 bits per heavy atom. The van der Waals surface area contributed by atoms with Crippen LogP contribution < -0.4 is 16.4 Å². The van der Waals surface area contributed by atoms with Crippen LogP contribution in [0.5, 0.6) is 0 Å². The van der Waals surface area contributed by atoms with Gasteiger partial charge in [-0.3, -0.25) is 4.79 Å². The van der Waals surface area contributed by atoms with E-state index in [0.717, 1.165) is 19.3 Å². The van der Waals surface area contributed by atoms with Crippen molar-refractivity contribution in [2.24, 2.45) is 17.6 Å².